The Hall–Kier alpha value is -3.80. The fourth-order valence-electron chi connectivity index (χ4n) is 6.01. The molecule has 0 fully saturated rings. The summed E-state index contributed by atoms with van der Waals surface area (Å²) >= 11 is 0. The first kappa shape index (κ1) is 26.8. The van der Waals surface area contributed by atoms with Crippen LogP contribution in [-0.2, 0) is 9.59 Å². The van der Waals surface area contributed by atoms with Gasteiger partial charge in [0, 0.05) is 48.8 Å². The summed E-state index contributed by atoms with van der Waals surface area (Å²) in [4.78, 5) is 32.2. The van der Waals surface area contributed by atoms with E-state index in [2.05, 4.69) is 55.3 Å². The van der Waals surface area contributed by atoms with E-state index in [1.165, 1.54) is 0 Å². The van der Waals surface area contributed by atoms with Gasteiger partial charge < -0.3 is 14.6 Å². The third-order valence-electron chi connectivity index (χ3n) is 8.03. The number of benzene rings is 2. The van der Waals surface area contributed by atoms with Gasteiger partial charge in [-0.25, -0.2) is 0 Å². The highest BCUT2D eigenvalue weighted by Gasteiger charge is 2.41. The van der Waals surface area contributed by atoms with Crippen LogP contribution < -0.4 is 15.1 Å². The molecule has 0 unspecified atom stereocenters. The Kier molecular flexibility index (Phi) is 8.20. The lowest BCUT2D eigenvalue weighted by atomic mass is 9.80. The number of ketones is 1. The number of amides is 1. The second-order valence-electron chi connectivity index (χ2n) is 10.5. The monoisotopic (exact) mass is 525 g/mol. The third-order valence-corrected chi connectivity index (χ3v) is 8.03. The van der Waals surface area contributed by atoms with Crippen LogP contribution in [0.5, 0.6) is 0 Å². The summed E-state index contributed by atoms with van der Waals surface area (Å²) < 4.78 is 5.71. The number of hydrogen-bond donors (Lipinski definition) is 1. The average Bonchev–Trinajstić information content (AvgIpc) is 3.44. The molecule has 6 heteroatoms. The van der Waals surface area contributed by atoms with E-state index in [0.29, 0.717) is 24.8 Å². The largest absolute Gasteiger partial charge is 0.469 e. The molecule has 204 valence electrons. The van der Waals surface area contributed by atoms with Crippen LogP contribution in [0.1, 0.15) is 82.6 Å². The summed E-state index contributed by atoms with van der Waals surface area (Å²) in [6.07, 6.45) is 5.99. The molecule has 1 aliphatic carbocycles. The predicted molar refractivity (Wildman–Crippen MR) is 157 cm³/mol. The molecular weight excluding hydrogens is 486 g/mol. The third kappa shape index (κ3) is 5.38. The number of anilines is 3. The van der Waals surface area contributed by atoms with Gasteiger partial charge in [-0.15, -0.1) is 0 Å². The maximum absolute atomic E-state index is 14.0. The van der Waals surface area contributed by atoms with Crippen molar-refractivity contribution in [3.8, 4) is 0 Å². The zero-order valence-corrected chi connectivity index (χ0v) is 23.3. The molecule has 5 rings (SSSR count). The first-order valence-corrected chi connectivity index (χ1v) is 14.4. The van der Waals surface area contributed by atoms with Crippen LogP contribution in [0.4, 0.5) is 17.1 Å². The second-order valence-corrected chi connectivity index (χ2v) is 10.5. The first-order valence-electron chi connectivity index (χ1n) is 14.4. The molecule has 1 aromatic heterocycles. The topological polar surface area (TPSA) is 65.8 Å². The number of furan rings is 1. The molecule has 6 nitrogen and oxygen atoms in total. The Morgan fingerprint density at radius 1 is 0.974 bits per heavy atom. The molecule has 3 aromatic rings. The number of rotatable bonds is 9. The molecule has 0 bridgehead atoms. The normalized spacial score (nSPS) is 18.7. The van der Waals surface area contributed by atoms with Crippen LogP contribution in [0, 0.1) is 0 Å². The van der Waals surface area contributed by atoms with E-state index in [1.54, 1.807) is 6.26 Å². The molecule has 0 saturated carbocycles. The lowest BCUT2D eigenvalue weighted by Crippen LogP contribution is -2.38. The molecule has 2 heterocycles. The van der Waals surface area contributed by atoms with Crippen molar-refractivity contribution in [3.63, 3.8) is 0 Å². The van der Waals surface area contributed by atoms with Gasteiger partial charge in [0.15, 0.2) is 5.78 Å². The summed E-state index contributed by atoms with van der Waals surface area (Å²) in [6, 6.07) is 19.7. The van der Waals surface area contributed by atoms with Gasteiger partial charge in [-0.3, -0.25) is 14.5 Å². The Balaban J connectivity index is 1.65. The molecule has 39 heavy (non-hydrogen) atoms. The maximum atomic E-state index is 14.0. The van der Waals surface area contributed by atoms with Crippen LogP contribution in [0.2, 0.25) is 0 Å². The second kappa shape index (κ2) is 11.9. The smallest absolute Gasteiger partial charge is 0.227 e. The number of carbonyl (C=O) groups is 2. The van der Waals surface area contributed by atoms with Crippen molar-refractivity contribution in [2.45, 2.75) is 71.3 Å². The highest BCUT2D eigenvalue weighted by Crippen LogP contribution is 2.47. The average molecular weight is 526 g/mol. The molecule has 0 radical (unpaired) electrons. The molecular formula is C33H39N3O3. The zero-order chi connectivity index (χ0) is 27.4. The number of para-hydroxylation sites is 2. The Morgan fingerprint density at radius 3 is 2.44 bits per heavy atom. The summed E-state index contributed by atoms with van der Waals surface area (Å²) in [7, 11) is 0. The lowest BCUT2D eigenvalue weighted by Gasteiger charge is -2.35. The molecule has 1 N–H and O–H groups in total. The van der Waals surface area contributed by atoms with Gasteiger partial charge in [0.05, 0.1) is 23.7 Å². The van der Waals surface area contributed by atoms with Crippen molar-refractivity contribution in [1.82, 2.24) is 0 Å². The quantitative estimate of drug-likeness (QED) is 0.291. The van der Waals surface area contributed by atoms with E-state index >= 15 is 0 Å². The number of Topliss-reactive ketones (excluding diaryl/α,β-unsaturated/α-hetero) is 1. The van der Waals surface area contributed by atoms with Gasteiger partial charge in [-0.1, -0.05) is 44.0 Å². The Morgan fingerprint density at radius 2 is 1.74 bits per heavy atom. The number of nitrogens with one attached hydrogen (secondary N) is 1. The van der Waals surface area contributed by atoms with Crippen LogP contribution in [0.25, 0.3) is 0 Å². The summed E-state index contributed by atoms with van der Waals surface area (Å²) in [5, 5.41) is 3.60. The maximum Gasteiger partial charge on any atom is 0.227 e. The van der Waals surface area contributed by atoms with E-state index in [4.69, 9.17) is 4.42 Å². The van der Waals surface area contributed by atoms with Gasteiger partial charge in [0.2, 0.25) is 5.91 Å². The van der Waals surface area contributed by atoms with Crippen LogP contribution >= 0.6 is 0 Å². The molecule has 0 spiro atoms. The molecule has 0 saturated heterocycles. The summed E-state index contributed by atoms with van der Waals surface area (Å²) in [5.74, 6) is 0.887. The number of unbranched alkanes of at least 4 members (excludes halogenated alkanes) is 2. The van der Waals surface area contributed by atoms with E-state index in [1.807, 2.05) is 41.3 Å². The van der Waals surface area contributed by atoms with Crippen molar-refractivity contribution in [3.05, 3.63) is 89.5 Å². The number of allylic oxidation sites excluding steroid dienone is 1. The van der Waals surface area contributed by atoms with Crippen molar-refractivity contribution >= 4 is 28.8 Å². The minimum atomic E-state index is -0.499. The fourth-order valence-corrected chi connectivity index (χ4v) is 6.01. The van der Waals surface area contributed by atoms with E-state index < -0.39 is 6.04 Å². The lowest BCUT2D eigenvalue weighted by molar-refractivity contribution is -0.119. The van der Waals surface area contributed by atoms with E-state index in [9.17, 15) is 9.59 Å². The molecule has 2 atom stereocenters. The molecule has 2 aliphatic rings. The highest BCUT2D eigenvalue weighted by atomic mass is 16.3. The highest BCUT2D eigenvalue weighted by molar-refractivity contribution is 6.06. The van der Waals surface area contributed by atoms with Crippen LogP contribution in [0.3, 0.4) is 0 Å². The first-order chi connectivity index (χ1) is 19.0. The van der Waals surface area contributed by atoms with Crippen molar-refractivity contribution in [1.29, 1.82) is 0 Å². The van der Waals surface area contributed by atoms with Crippen molar-refractivity contribution in [2.24, 2.45) is 0 Å². The predicted octanol–water partition coefficient (Wildman–Crippen LogP) is 7.61. The molecule has 1 aliphatic heterocycles. The number of fused-ring (bicyclic) bond motifs is 1. The number of hydrogen-bond acceptors (Lipinski definition) is 5. The van der Waals surface area contributed by atoms with Crippen LogP contribution in [-0.4, -0.2) is 24.8 Å². The SMILES string of the molecule is CCCCCC(=O)N1c2ccccc2NC2=C(C(=O)C[C@H](c3ccco3)C2)[C@@H]1c1ccc(N(CC)CC)cc1. The van der Waals surface area contributed by atoms with Gasteiger partial charge in [-0.05, 0) is 68.7 Å². The minimum absolute atomic E-state index is 0.0385. The summed E-state index contributed by atoms with van der Waals surface area (Å²) in [5.41, 5.74) is 5.32. The van der Waals surface area contributed by atoms with Crippen molar-refractivity contribution in [2.75, 3.05) is 28.2 Å². The van der Waals surface area contributed by atoms with Crippen LogP contribution in [0.15, 0.2) is 82.6 Å². The van der Waals surface area contributed by atoms with E-state index in [0.717, 1.165) is 66.4 Å². The van der Waals surface area contributed by atoms with Gasteiger partial charge >= 0.3 is 0 Å². The zero-order valence-electron chi connectivity index (χ0n) is 23.3. The van der Waals surface area contributed by atoms with Gasteiger partial charge in [-0.2, -0.15) is 0 Å². The van der Waals surface area contributed by atoms with Crippen molar-refractivity contribution < 1.29 is 14.0 Å². The Bertz CT molecular complexity index is 1320. The molecule has 2 aromatic carbocycles. The van der Waals surface area contributed by atoms with Gasteiger partial charge in [0.1, 0.15) is 5.76 Å². The van der Waals surface area contributed by atoms with E-state index in [-0.39, 0.29) is 17.6 Å². The fraction of sp³-hybridized carbons (Fsp3) is 0.394. The Labute approximate surface area is 231 Å². The minimum Gasteiger partial charge on any atom is -0.469 e. The number of nitrogens with zero attached hydrogens (tertiary/aromatic N) is 2. The number of carbonyl (C=O) groups excluding carboxylic acids is 2. The molecule has 1 amide bonds. The summed E-state index contributed by atoms with van der Waals surface area (Å²) in [6.45, 7) is 8.27. The van der Waals surface area contributed by atoms with Gasteiger partial charge in [0.25, 0.3) is 0 Å². The standard InChI is InChI=1S/C33H39N3O3/c1-4-7-8-15-31(38)36-28-13-10-9-12-26(28)34-27-21-24(30-14-11-20-39-30)22-29(37)32(27)33(36)23-16-18-25(19-17-23)35(5-2)6-3/h9-14,16-20,24,33-34H,4-8,15,21-22H2,1-3H3/t24-,33+/m1/s1.